The van der Waals surface area contributed by atoms with Gasteiger partial charge in [0, 0.05) is 25.9 Å². The standard InChI is InChI=1S/C12H20N2O4/c1-3-6-12(2,11(17)18)13-7-8-14-9(15)4-5-10(14)16/h13H,3-8H2,1-2H3,(H,17,18). The molecule has 0 bridgehead atoms. The fourth-order valence-corrected chi connectivity index (χ4v) is 2.09. The minimum absolute atomic E-state index is 0.172. The van der Waals surface area contributed by atoms with Crippen molar-refractivity contribution in [3.63, 3.8) is 0 Å². The normalized spacial score (nSPS) is 19.1. The van der Waals surface area contributed by atoms with Gasteiger partial charge in [-0.1, -0.05) is 13.3 Å². The van der Waals surface area contributed by atoms with Gasteiger partial charge in [0.1, 0.15) is 5.54 Å². The maximum absolute atomic E-state index is 11.4. The van der Waals surface area contributed by atoms with Crippen LogP contribution in [0.25, 0.3) is 0 Å². The van der Waals surface area contributed by atoms with Crippen molar-refractivity contribution < 1.29 is 19.5 Å². The zero-order valence-corrected chi connectivity index (χ0v) is 10.9. The summed E-state index contributed by atoms with van der Waals surface area (Å²) in [5, 5.41) is 12.1. The summed E-state index contributed by atoms with van der Waals surface area (Å²) >= 11 is 0. The van der Waals surface area contributed by atoms with E-state index in [-0.39, 0.29) is 31.2 Å². The predicted molar refractivity (Wildman–Crippen MR) is 64.9 cm³/mol. The first-order valence-corrected chi connectivity index (χ1v) is 6.22. The molecule has 1 heterocycles. The second kappa shape index (κ2) is 5.95. The summed E-state index contributed by atoms with van der Waals surface area (Å²) < 4.78 is 0. The summed E-state index contributed by atoms with van der Waals surface area (Å²) in [5.41, 5.74) is -0.999. The molecular weight excluding hydrogens is 236 g/mol. The van der Waals surface area contributed by atoms with E-state index in [1.165, 1.54) is 4.90 Å². The number of carboxylic acid groups (broad SMARTS) is 1. The average Bonchev–Trinajstić information content (AvgIpc) is 2.60. The number of likely N-dealkylation sites (tertiary alicyclic amines) is 1. The Hall–Kier alpha value is -1.43. The lowest BCUT2D eigenvalue weighted by atomic mass is 9.96. The number of hydrogen-bond donors (Lipinski definition) is 2. The van der Waals surface area contributed by atoms with Crippen molar-refractivity contribution in [2.24, 2.45) is 0 Å². The van der Waals surface area contributed by atoms with Crippen LogP contribution in [0.1, 0.15) is 39.5 Å². The van der Waals surface area contributed by atoms with Crippen molar-refractivity contribution in [2.45, 2.75) is 45.1 Å². The van der Waals surface area contributed by atoms with Gasteiger partial charge in [0.15, 0.2) is 0 Å². The lowest BCUT2D eigenvalue weighted by molar-refractivity contribution is -0.144. The Labute approximate surface area is 106 Å². The number of hydrogen-bond acceptors (Lipinski definition) is 4. The van der Waals surface area contributed by atoms with Crippen molar-refractivity contribution >= 4 is 17.8 Å². The highest BCUT2D eigenvalue weighted by atomic mass is 16.4. The molecule has 6 heteroatoms. The van der Waals surface area contributed by atoms with Crippen LogP contribution in [0.4, 0.5) is 0 Å². The first-order valence-electron chi connectivity index (χ1n) is 6.22. The largest absolute Gasteiger partial charge is 0.480 e. The van der Waals surface area contributed by atoms with E-state index >= 15 is 0 Å². The molecule has 2 N–H and O–H groups in total. The molecule has 1 aliphatic heterocycles. The number of carbonyl (C=O) groups excluding carboxylic acids is 2. The van der Waals surface area contributed by atoms with Gasteiger partial charge in [-0.15, -0.1) is 0 Å². The number of rotatable bonds is 7. The third-order valence-corrected chi connectivity index (χ3v) is 3.23. The average molecular weight is 256 g/mol. The van der Waals surface area contributed by atoms with Crippen molar-refractivity contribution in [1.29, 1.82) is 0 Å². The zero-order chi connectivity index (χ0) is 13.8. The summed E-state index contributed by atoms with van der Waals surface area (Å²) in [6.45, 7) is 4.08. The van der Waals surface area contributed by atoms with Gasteiger partial charge in [0.25, 0.3) is 0 Å². The summed E-state index contributed by atoms with van der Waals surface area (Å²) in [4.78, 5) is 35.1. The monoisotopic (exact) mass is 256 g/mol. The SMILES string of the molecule is CCCC(C)(NCCN1C(=O)CCC1=O)C(=O)O. The molecule has 1 unspecified atom stereocenters. The molecule has 1 rings (SSSR count). The molecule has 0 saturated carbocycles. The van der Waals surface area contributed by atoms with Crippen LogP contribution >= 0.6 is 0 Å². The van der Waals surface area contributed by atoms with Crippen LogP contribution < -0.4 is 5.32 Å². The van der Waals surface area contributed by atoms with E-state index in [9.17, 15) is 14.4 Å². The highest BCUT2D eigenvalue weighted by Crippen LogP contribution is 2.14. The molecule has 102 valence electrons. The summed E-state index contributed by atoms with van der Waals surface area (Å²) in [6.07, 6.45) is 1.79. The maximum atomic E-state index is 11.4. The predicted octanol–water partition coefficient (Wildman–Crippen LogP) is 0.368. The van der Waals surface area contributed by atoms with Crippen LogP contribution in [0.15, 0.2) is 0 Å². The van der Waals surface area contributed by atoms with Crippen LogP contribution in [0, 0.1) is 0 Å². The van der Waals surface area contributed by atoms with Crippen LogP contribution in [0.5, 0.6) is 0 Å². The van der Waals surface area contributed by atoms with Gasteiger partial charge < -0.3 is 10.4 Å². The lowest BCUT2D eigenvalue weighted by Gasteiger charge is -2.27. The van der Waals surface area contributed by atoms with Gasteiger partial charge in [-0.25, -0.2) is 0 Å². The molecule has 1 atom stereocenters. The Kier molecular flexibility index (Phi) is 4.84. The molecule has 0 aromatic heterocycles. The van der Waals surface area contributed by atoms with Gasteiger partial charge in [0.05, 0.1) is 0 Å². The quantitative estimate of drug-likeness (QED) is 0.643. The molecule has 1 saturated heterocycles. The van der Waals surface area contributed by atoms with Crippen LogP contribution in [0.2, 0.25) is 0 Å². The third-order valence-electron chi connectivity index (χ3n) is 3.23. The van der Waals surface area contributed by atoms with E-state index in [4.69, 9.17) is 5.11 Å². The van der Waals surface area contributed by atoms with Crippen LogP contribution in [-0.4, -0.2) is 46.4 Å². The van der Waals surface area contributed by atoms with E-state index in [1.807, 2.05) is 6.92 Å². The molecule has 1 aliphatic rings. The third kappa shape index (κ3) is 3.29. The highest BCUT2D eigenvalue weighted by molar-refractivity contribution is 6.01. The molecule has 18 heavy (non-hydrogen) atoms. The molecule has 0 aromatic carbocycles. The smallest absolute Gasteiger partial charge is 0.323 e. The Bertz CT molecular complexity index is 340. The number of carboxylic acids is 1. The summed E-state index contributed by atoms with van der Waals surface area (Å²) in [6, 6.07) is 0. The minimum atomic E-state index is -0.999. The number of amides is 2. The molecular formula is C12H20N2O4. The number of nitrogens with one attached hydrogen (secondary N) is 1. The lowest BCUT2D eigenvalue weighted by Crippen LogP contribution is -2.52. The summed E-state index contributed by atoms with van der Waals surface area (Å²) in [7, 11) is 0. The van der Waals surface area contributed by atoms with Gasteiger partial charge in [-0.2, -0.15) is 0 Å². The van der Waals surface area contributed by atoms with E-state index in [0.29, 0.717) is 13.0 Å². The van der Waals surface area contributed by atoms with E-state index in [2.05, 4.69) is 5.32 Å². The Morgan fingerprint density at radius 3 is 2.39 bits per heavy atom. The Morgan fingerprint density at radius 2 is 1.94 bits per heavy atom. The Morgan fingerprint density at radius 1 is 1.39 bits per heavy atom. The first kappa shape index (κ1) is 14.6. The fraction of sp³-hybridized carbons (Fsp3) is 0.750. The van der Waals surface area contributed by atoms with E-state index < -0.39 is 11.5 Å². The van der Waals surface area contributed by atoms with Crippen molar-refractivity contribution in [3.8, 4) is 0 Å². The van der Waals surface area contributed by atoms with Crippen molar-refractivity contribution in [1.82, 2.24) is 10.2 Å². The highest BCUT2D eigenvalue weighted by Gasteiger charge is 2.33. The number of imide groups is 1. The molecule has 0 aromatic rings. The second-order valence-electron chi connectivity index (χ2n) is 4.75. The number of nitrogens with zero attached hydrogens (tertiary/aromatic N) is 1. The van der Waals surface area contributed by atoms with Gasteiger partial charge in [0.2, 0.25) is 11.8 Å². The van der Waals surface area contributed by atoms with E-state index in [1.54, 1.807) is 6.92 Å². The van der Waals surface area contributed by atoms with E-state index in [0.717, 1.165) is 6.42 Å². The van der Waals surface area contributed by atoms with Crippen LogP contribution in [-0.2, 0) is 14.4 Å². The first-order chi connectivity index (χ1) is 8.40. The zero-order valence-electron chi connectivity index (χ0n) is 10.9. The van der Waals surface area contributed by atoms with Gasteiger partial charge in [-0.05, 0) is 13.3 Å². The molecule has 2 amide bonds. The van der Waals surface area contributed by atoms with Gasteiger partial charge >= 0.3 is 5.97 Å². The van der Waals surface area contributed by atoms with Gasteiger partial charge in [-0.3, -0.25) is 19.3 Å². The molecule has 0 radical (unpaired) electrons. The number of aliphatic carboxylic acids is 1. The molecule has 6 nitrogen and oxygen atoms in total. The van der Waals surface area contributed by atoms with Crippen molar-refractivity contribution in [2.75, 3.05) is 13.1 Å². The van der Waals surface area contributed by atoms with Crippen LogP contribution in [0.3, 0.4) is 0 Å². The maximum Gasteiger partial charge on any atom is 0.323 e. The molecule has 0 spiro atoms. The molecule has 1 fully saturated rings. The Balaban J connectivity index is 2.46. The molecule has 0 aliphatic carbocycles. The second-order valence-corrected chi connectivity index (χ2v) is 4.75. The fourth-order valence-electron chi connectivity index (χ4n) is 2.09. The topological polar surface area (TPSA) is 86.7 Å². The number of carbonyl (C=O) groups is 3. The minimum Gasteiger partial charge on any atom is -0.480 e. The summed E-state index contributed by atoms with van der Waals surface area (Å²) in [5.74, 6) is -1.26. The van der Waals surface area contributed by atoms with Crippen molar-refractivity contribution in [3.05, 3.63) is 0 Å².